The van der Waals surface area contributed by atoms with Crippen LogP contribution in [0.15, 0.2) is 36.0 Å². The quantitative estimate of drug-likeness (QED) is 0.810. The summed E-state index contributed by atoms with van der Waals surface area (Å²) in [5.41, 5.74) is 7.67. The molecule has 0 fully saturated rings. The first-order valence-electron chi connectivity index (χ1n) is 6.67. The van der Waals surface area contributed by atoms with E-state index in [4.69, 9.17) is 5.73 Å². The summed E-state index contributed by atoms with van der Waals surface area (Å²) in [5, 5.41) is 0. The van der Waals surface area contributed by atoms with Crippen LogP contribution in [0.3, 0.4) is 0 Å². The van der Waals surface area contributed by atoms with Gasteiger partial charge in [0.2, 0.25) is 0 Å². The fourth-order valence-corrected chi connectivity index (χ4v) is 2.92. The fourth-order valence-electron chi connectivity index (χ4n) is 2.92. The van der Waals surface area contributed by atoms with Crippen molar-refractivity contribution < 1.29 is 0 Å². The molecule has 0 aromatic heterocycles. The van der Waals surface area contributed by atoms with Crippen LogP contribution in [0.5, 0.6) is 0 Å². The molecule has 0 radical (unpaired) electrons. The molecule has 2 nitrogen and oxygen atoms in total. The van der Waals surface area contributed by atoms with E-state index in [9.17, 15) is 0 Å². The zero-order valence-corrected chi connectivity index (χ0v) is 11.1. The summed E-state index contributed by atoms with van der Waals surface area (Å²) in [7, 11) is 2.24. The van der Waals surface area contributed by atoms with Crippen molar-refractivity contribution in [2.45, 2.75) is 44.8 Å². The Balaban J connectivity index is 2.22. The lowest BCUT2D eigenvalue weighted by atomic mass is 9.76. The summed E-state index contributed by atoms with van der Waals surface area (Å²) in [4.78, 5) is 2.50. The summed E-state index contributed by atoms with van der Waals surface area (Å²) in [5.74, 6) is 0.462. The Labute approximate surface area is 105 Å². The molecule has 4 unspecified atom stereocenters. The molecule has 0 amide bonds. The van der Waals surface area contributed by atoms with E-state index in [0.29, 0.717) is 18.0 Å². The number of nitrogens with two attached hydrogens (primary N) is 1. The summed E-state index contributed by atoms with van der Waals surface area (Å²) >= 11 is 0. The molecular formula is C15H24N2. The average Bonchev–Trinajstić information content (AvgIpc) is 2.36. The minimum Gasteiger partial charge on any atom is -0.324 e. The van der Waals surface area contributed by atoms with Gasteiger partial charge in [0.05, 0.1) is 0 Å². The molecule has 0 bridgehead atoms. The van der Waals surface area contributed by atoms with E-state index < -0.39 is 0 Å². The second kappa shape index (κ2) is 5.19. The normalized spacial score (nSPS) is 33.5. The smallest absolute Gasteiger partial charge is 0.0311 e. The van der Waals surface area contributed by atoms with Gasteiger partial charge in [0.1, 0.15) is 0 Å². The second-order valence-corrected chi connectivity index (χ2v) is 5.28. The molecule has 0 saturated carbocycles. The zero-order chi connectivity index (χ0) is 12.4. The van der Waals surface area contributed by atoms with Gasteiger partial charge in [-0.3, -0.25) is 4.90 Å². The van der Waals surface area contributed by atoms with Crippen molar-refractivity contribution in [1.82, 2.24) is 4.90 Å². The molecule has 2 heteroatoms. The van der Waals surface area contributed by atoms with Crippen molar-refractivity contribution in [2.24, 2.45) is 11.7 Å². The lowest BCUT2D eigenvalue weighted by molar-refractivity contribution is 0.134. The van der Waals surface area contributed by atoms with Crippen molar-refractivity contribution in [3.8, 4) is 0 Å². The first-order chi connectivity index (χ1) is 8.15. The highest BCUT2D eigenvalue weighted by Crippen LogP contribution is 2.33. The predicted molar refractivity (Wildman–Crippen MR) is 73.7 cm³/mol. The van der Waals surface area contributed by atoms with Gasteiger partial charge < -0.3 is 5.73 Å². The Kier molecular flexibility index (Phi) is 3.85. The maximum Gasteiger partial charge on any atom is 0.0311 e. The molecule has 0 heterocycles. The minimum absolute atomic E-state index is 0.163. The van der Waals surface area contributed by atoms with Gasteiger partial charge in [-0.05, 0) is 32.4 Å². The number of hydrogen-bond donors (Lipinski definition) is 1. The lowest BCUT2D eigenvalue weighted by Crippen LogP contribution is -2.50. The highest BCUT2D eigenvalue weighted by atomic mass is 15.2. The fraction of sp³-hybridized carbons (Fsp3) is 0.600. The lowest BCUT2D eigenvalue weighted by Gasteiger charge is -2.42. The maximum atomic E-state index is 6.27. The highest BCUT2D eigenvalue weighted by molar-refractivity contribution is 5.37. The molecule has 0 saturated heterocycles. The molecule has 2 rings (SSSR count). The largest absolute Gasteiger partial charge is 0.324 e. The van der Waals surface area contributed by atoms with Gasteiger partial charge in [0.25, 0.3) is 0 Å². The molecular weight excluding hydrogens is 208 g/mol. The van der Waals surface area contributed by atoms with E-state index in [-0.39, 0.29) is 6.04 Å². The van der Waals surface area contributed by atoms with Crippen LogP contribution in [-0.4, -0.2) is 30.1 Å². The Morgan fingerprint density at radius 1 is 1.53 bits per heavy atom. The molecule has 2 aliphatic carbocycles. The minimum atomic E-state index is 0.163. The third kappa shape index (κ3) is 2.38. The van der Waals surface area contributed by atoms with Crippen molar-refractivity contribution in [2.75, 3.05) is 7.05 Å². The number of allylic oxidation sites excluding steroid dienone is 3. The van der Waals surface area contributed by atoms with Gasteiger partial charge in [-0.25, -0.2) is 0 Å². The molecule has 4 atom stereocenters. The molecule has 94 valence electrons. The van der Waals surface area contributed by atoms with Crippen LogP contribution in [0.1, 0.15) is 26.7 Å². The first kappa shape index (κ1) is 12.6. The molecule has 17 heavy (non-hydrogen) atoms. The molecule has 0 spiro atoms. The SMILES string of the molecule is CCC(C)N(C)C1CC=CC2=CC=CC(N)C21. The van der Waals surface area contributed by atoms with Gasteiger partial charge in [0.15, 0.2) is 0 Å². The van der Waals surface area contributed by atoms with Crippen LogP contribution < -0.4 is 5.73 Å². The van der Waals surface area contributed by atoms with Crippen LogP contribution in [0.25, 0.3) is 0 Å². The molecule has 0 aromatic rings. The van der Waals surface area contributed by atoms with E-state index in [0.717, 1.165) is 6.42 Å². The van der Waals surface area contributed by atoms with Crippen LogP contribution in [0.2, 0.25) is 0 Å². The topological polar surface area (TPSA) is 29.3 Å². The van der Waals surface area contributed by atoms with Crippen molar-refractivity contribution >= 4 is 0 Å². The molecule has 2 N–H and O–H groups in total. The Morgan fingerprint density at radius 2 is 2.29 bits per heavy atom. The van der Waals surface area contributed by atoms with Crippen LogP contribution >= 0.6 is 0 Å². The van der Waals surface area contributed by atoms with E-state index >= 15 is 0 Å². The standard InChI is InChI=1S/C15H24N2/c1-4-11(2)17(3)14-10-6-8-12-7-5-9-13(16)15(12)14/h5-9,11,13-15H,4,10,16H2,1-3H3. The van der Waals surface area contributed by atoms with E-state index in [2.05, 4.69) is 56.2 Å². The third-order valence-electron chi connectivity index (χ3n) is 4.33. The average molecular weight is 232 g/mol. The predicted octanol–water partition coefficient (Wildman–Crippen LogP) is 2.48. The van der Waals surface area contributed by atoms with Gasteiger partial charge in [-0.15, -0.1) is 0 Å². The van der Waals surface area contributed by atoms with Crippen LogP contribution in [0.4, 0.5) is 0 Å². The molecule has 2 aliphatic rings. The molecule has 0 aliphatic heterocycles. The summed E-state index contributed by atoms with van der Waals surface area (Å²) in [6.07, 6.45) is 13.3. The van der Waals surface area contributed by atoms with Gasteiger partial charge in [0, 0.05) is 24.0 Å². The van der Waals surface area contributed by atoms with Crippen molar-refractivity contribution in [1.29, 1.82) is 0 Å². The Hall–Kier alpha value is -0.860. The Morgan fingerprint density at radius 3 is 3.00 bits per heavy atom. The van der Waals surface area contributed by atoms with E-state index in [1.807, 2.05) is 0 Å². The number of fused-ring (bicyclic) bond motifs is 1. The van der Waals surface area contributed by atoms with Crippen LogP contribution in [-0.2, 0) is 0 Å². The molecule has 0 aromatic carbocycles. The summed E-state index contributed by atoms with van der Waals surface area (Å²) in [6.45, 7) is 4.54. The Bertz CT molecular complexity index is 354. The second-order valence-electron chi connectivity index (χ2n) is 5.28. The van der Waals surface area contributed by atoms with Crippen LogP contribution in [0, 0.1) is 5.92 Å². The number of hydrogen-bond acceptors (Lipinski definition) is 2. The zero-order valence-electron chi connectivity index (χ0n) is 11.1. The summed E-state index contributed by atoms with van der Waals surface area (Å²) in [6, 6.07) is 1.32. The van der Waals surface area contributed by atoms with E-state index in [1.165, 1.54) is 12.0 Å². The summed E-state index contributed by atoms with van der Waals surface area (Å²) < 4.78 is 0. The maximum absolute atomic E-state index is 6.27. The van der Waals surface area contributed by atoms with E-state index in [1.54, 1.807) is 0 Å². The number of rotatable bonds is 3. The van der Waals surface area contributed by atoms with Gasteiger partial charge >= 0.3 is 0 Å². The van der Waals surface area contributed by atoms with Gasteiger partial charge in [-0.1, -0.05) is 37.3 Å². The third-order valence-corrected chi connectivity index (χ3v) is 4.33. The number of nitrogens with zero attached hydrogens (tertiary/aromatic N) is 1. The first-order valence-corrected chi connectivity index (χ1v) is 6.67. The van der Waals surface area contributed by atoms with Gasteiger partial charge in [-0.2, -0.15) is 0 Å². The highest BCUT2D eigenvalue weighted by Gasteiger charge is 2.34. The van der Waals surface area contributed by atoms with Crippen molar-refractivity contribution in [3.63, 3.8) is 0 Å². The van der Waals surface area contributed by atoms with Crippen molar-refractivity contribution in [3.05, 3.63) is 36.0 Å². The monoisotopic (exact) mass is 232 g/mol.